The molecule has 1 aromatic carbocycles. The lowest BCUT2D eigenvalue weighted by Crippen LogP contribution is -2.43. The van der Waals surface area contributed by atoms with Crippen molar-refractivity contribution >= 4 is 27.3 Å². The molecule has 1 atom stereocenters. The molecule has 0 N–H and O–H groups in total. The number of benzene rings is 1. The Morgan fingerprint density at radius 2 is 2.12 bits per heavy atom. The van der Waals surface area contributed by atoms with Crippen LogP contribution in [0, 0.1) is 18.7 Å². The van der Waals surface area contributed by atoms with Crippen LogP contribution in [-0.2, 0) is 9.47 Å². The lowest BCUT2D eigenvalue weighted by molar-refractivity contribution is -0.0969. The zero-order valence-corrected chi connectivity index (χ0v) is 14.4. The van der Waals surface area contributed by atoms with E-state index in [1.807, 2.05) is 11.8 Å². The van der Waals surface area contributed by atoms with Gasteiger partial charge in [0.25, 0.3) is 5.91 Å². The van der Waals surface area contributed by atoms with E-state index in [0.717, 1.165) is 35.0 Å². The van der Waals surface area contributed by atoms with Crippen LogP contribution in [-0.4, -0.2) is 43.4 Å². The molecule has 3 heterocycles. The molecule has 1 unspecified atom stereocenters. The van der Waals surface area contributed by atoms with Crippen molar-refractivity contribution in [2.24, 2.45) is 5.92 Å². The summed E-state index contributed by atoms with van der Waals surface area (Å²) in [5.74, 6) is 0.00472. The second-order valence-corrected chi connectivity index (χ2v) is 7.51. The van der Waals surface area contributed by atoms with E-state index >= 15 is 0 Å². The molecule has 24 heavy (non-hydrogen) atoms. The zero-order valence-electron chi connectivity index (χ0n) is 13.6. The van der Waals surface area contributed by atoms with E-state index < -0.39 is 0 Å². The third kappa shape index (κ3) is 2.83. The van der Waals surface area contributed by atoms with E-state index in [1.165, 1.54) is 23.5 Å². The second-order valence-electron chi connectivity index (χ2n) is 6.46. The summed E-state index contributed by atoms with van der Waals surface area (Å²) in [5.41, 5.74) is 0.870. The molecule has 0 radical (unpaired) electrons. The molecule has 2 aliphatic rings. The number of likely N-dealkylation sites (tertiary alicyclic amines) is 1. The van der Waals surface area contributed by atoms with Crippen molar-refractivity contribution in [3.05, 3.63) is 34.5 Å². The van der Waals surface area contributed by atoms with Gasteiger partial charge in [-0.3, -0.25) is 4.79 Å². The van der Waals surface area contributed by atoms with Crippen molar-refractivity contribution in [2.75, 3.05) is 26.3 Å². The van der Waals surface area contributed by atoms with Crippen molar-refractivity contribution in [1.82, 2.24) is 4.90 Å². The first-order chi connectivity index (χ1) is 11.6. The molecule has 4 rings (SSSR count). The van der Waals surface area contributed by atoms with Crippen LogP contribution in [0.5, 0.6) is 0 Å². The largest absolute Gasteiger partial charge is 0.350 e. The predicted molar refractivity (Wildman–Crippen MR) is 90.8 cm³/mol. The SMILES string of the molecule is Cc1c(C(=O)N2CCCC(C3OCCO3)C2)sc2ccc(F)cc12. The van der Waals surface area contributed by atoms with E-state index in [-0.39, 0.29) is 23.9 Å². The number of carbonyl (C=O) groups is 1. The maximum atomic E-state index is 13.5. The van der Waals surface area contributed by atoms with Gasteiger partial charge in [-0.25, -0.2) is 4.39 Å². The third-order valence-corrected chi connectivity index (χ3v) is 6.13. The van der Waals surface area contributed by atoms with Gasteiger partial charge in [-0.05, 0) is 48.9 Å². The number of hydrogen-bond acceptors (Lipinski definition) is 4. The maximum absolute atomic E-state index is 13.5. The van der Waals surface area contributed by atoms with Crippen molar-refractivity contribution in [2.45, 2.75) is 26.1 Å². The van der Waals surface area contributed by atoms with Gasteiger partial charge in [0.05, 0.1) is 18.1 Å². The number of ether oxygens (including phenoxy) is 2. The molecule has 0 saturated carbocycles. The molecule has 1 amide bonds. The Morgan fingerprint density at radius 1 is 1.33 bits per heavy atom. The number of thiophene rings is 1. The summed E-state index contributed by atoms with van der Waals surface area (Å²) in [6.45, 7) is 4.58. The van der Waals surface area contributed by atoms with Crippen molar-refractivity contribution < 1.29 is 18.7 Å². The highest BCUT2D eigenvalue weighted by atomic mass is 32.1. The lowest BCUT2D eigenvalue weighted by atomic mass is 9.97. The zero-order chi connectivity index (χ0) is 16.7. The first-order valence-corrected chi connectivity index (χ1v) is 9.16. The minimum absolute atomic E-state index is 0.0387. The Morgan fingerprint density at radius 3 is 2.92 bits per heavy atom. The number of carbonyl (C=O) groups excluding carboxylic acids is 1. The molecule has 2 saturated heterocycles. The van der Waals surface area contributed by atoms with Crippen LogP contribution in [0.4, 0.5) is 4.39 Å². The molecule has 2 aliphatic heterocycles. The number of amides is 1. The summed E-state index contributed by atoms with van der Waals surface area (Å²) in [4.78, 5) is 15.6. The Bertz CT molecular complexity index is 769. The fourth-order valence-corrected chi connectivity index (χ4v) is 4.76. The van der Waals surface area contributed by atoms with Gasteiger partial charge in [0, 0.05) is 23.7 Å². The topological polar surface area (TPSA) is 38.8 Å². The number of fused-ring (bicyclic) bond motifs is 1. The minimum Gasteiger partial charge on any atom is -0.350 e. The first kappa shape index (κ1) is 16.0. The molecule has 4 nitrogen and oxygen atoms in total. The van der Waals surface area contributed by atoms with Gasteiger partial charge in [-0.2, -0.15) is 0 Å². The molecule has 0 aliphatic carbocycles. The van der Waals surface area contributed by atoms with Crippen LogP contribution < -0.4 is 0 Å². The summed E-state index contributed by atoms with van der Waals surface area (Å²) in [6.07, 6.45) is 1.79. The Hall–Kier alpha value is -1.50. The van der Waals surface area contributed by atoms with E-state index in [4.69, 9.17) is 9.47 Å². The molecule has 0 bridgehead atoms. The summed E-state index contributed by atoms with van der Waals surface area (Å²) >= 11 is 1.45. The predicted octanol–water partition coefficient (Wildman–Crippen LogP) is 3.57. The normalized spacial score (nSPS) is 22.4. The number of hydrogen-bond donors (Lipinski definition) is 0. The first-order valence-electron chi connectivity index (χ1n) is 8.34. The smallest absolute Gasteiger partial charge is 0.264 e. The standard InChI is InChI=1S/C18H20FNO3S/c1-11-14-9-13(19)4-5-15(14)24-16(11)17(21)20-6-2-3-12(10-20)18-22-7-8-23-18/h4-5,9,12,18H,2-3,6-8,10H2,1H3. The molecule has 2 fully saturated rings. The average Bonchev–Trinajstić information content (AvgIpc) is 3.24. The van der Waals surface area contributed by atoms with E-state index in [0.29, 0.717) is 24.6 Å². The van der Waals surface area contributed by atoms with Crippen LogP contribution in [0.15, 0.2) is 18.2 Å². The molecule has 2 aromatic rings. The van der Waals surface area contributed by atoms with E-state index in [9.17, 15) is 9.18 Å². The number of piperidine rings is 1. The highest BCUT2D eigenvalue weighted by Gasteiger charge is 2.33. The van der Waals surface area contributed by atoms with Crippen LogP contribution >= 0.6 is 11.3 Å². The monoisotopic (exact) mass is 349 g/mol. The second kappa shape index (κ2) is 6.43. The van der Waals surface area contributed by atoms with E-state index in [2.05, 4.69) is 0 Å². The highest BCUT2D eigenvalue weighted by Crippen LogP contribution is 2.33. The summed E-state index contributed by atoms with van der Waals surface area (Å²) in [5, 5.41) is 0.833. The van der Waals surface area contributed by atoms with Crippen molar-refractivity contribution in [1.29, 1.82) is 0 Å². The molecule has 128 valence electrons. The van der Waals surface area contributed by atoms with Gasteiger partial charge in [0.1, 0.15) is 5.82 Å². The molecular formula is C18H20FNO3S. The Kier molecular flexibility index (Phi) is 4.28. The molecule has 0 spiro atoms. The number of halogens is 1. The van der Waals surface area contributed by atoms with Crippen LogP contribution in [0.25, 0.3) is 10.1 Å². The fourth-order valence-electron chi connectivity index (χ4n) is 3.61. The third-order valence-electron chi connectivity index (χ3n) is 4.87. The van der Waals surface area contributed by atoms with Crippen molar-refractivity contribution in [3.8, 4) is 0 Å². The van der Waals surface area contributed by atoms with Crippen LogP contribution in [0.1, 0.15) is 28.1 Å². The number of nitrogens with zero attached hydrogens (tertiary/aromatic N) is 1. The van der Waals surface area contributed by atoms with Crippen molar-refractivity contribution in [3.63, 3.8) is 0 Å². The Balaban J connectivity index is 1.57. The van der Waals surface area contributed by atoms with Gasteiger partial charge in [-0.1, -0.05) is 0 Å². The molecule has 1 aromatic heterocycles. The van der Waals surface area contributed by atoms with Gasteiger partial charge in [0.15, 0.2) is 6.29 Å². The van der Waals surface area contributed by atoms with E-state index in [1.54, 1.807) is 6.07 Å². The quantitative estimate of drug-likeness (QED) is 0.832. The number of aryl methyl sites for hydroxylation is 1. The fraction of sp³-hybridized carbons (Fsp3) is 0.500. The summed E-state index contributed by atoms with van der Waals surface area (Å²) in [6, 6.07) is 4.70. The molecule has 6 heteroatoms. The van der Waals surface area contributed by atoms with Gasteiger partial charge < -0.3 is 14.4 Å². The van der Waals surface area contributed by atoms with Gasteiger partial charge in [-0.15, -0.1) is 11.3 Å². The summed E-state index contributed by atoms with van der Waals surface area (Å²) in [7, 11) is 0. The average molecular weight is 349 g/mol. The maximum Gasteiger partial charge on any atom is 0.264 e. The Labute approximate surface area is 144 Å². The highest BCUT2D eigenvalue weighted by molar-refractivity contribution is 7.21. The van der Waals surface area contributed by atoms with Crippen LogP contribution in [0.3, 0.4) is 0 Å². The lowest BCUT2D eigenvalue weighted by Gasteiger charge is -2.34. The molecular weight excluding hydrogens is 329 g/mol. The van der Waals surface area contributed by atoms with Gasteiger partial charge >= 0.3 is 0 Å². The summed E-state index contributed by atoms with van der Waals surface area (Å²) < 4.78 is 25.7. The number of rotatable bonds is 2. The minimum atomic E-state index is -0.268. The van der Waals surface area contributed by atoms with Gasteiger partial charge in [0.2, 0.25) is 0 Å². The van der Waals surface area contributed by atoms with Crippen LogP contribution in [0.2, 0.25) is 0 Å².